The van der Waals surface area contributed by atoms with Gasteiger partial charge >= 0.3 is 0 Å². The summed E-state index contributed by atoms with van der Waals surface area (Å²) in [7, 11) is 3.78. The van der Waals surface area contributed by atoms with E-state index in [2.05, 4.69) is 26.8 Å². The number of aliphatic hydroxyl groups is 1. The molecule has 116 valence electrons. The van der Waals surface area contributed by atoms with E-state index in [1.54, 1.807) is 19.4 Å². The molecule has 0 unspecified atom stereocenters. The van der Waals surface area contributed by atoms with Gasteiger partial charge in [0, 0.05) is 36.8 Å². The van der Waals surface area contributed by atoms with E-state index >= 15 is 0 Å². The van der Waals surface area contributed by atoms with Crippen molar-refractivity contribution >= 4 is 5.95 Å². The van der Waals surface area contributed by atoms with Gasteiger partial charge in [-0.1, -0.05) is 0 Å². The first-order valence-corrected chi connectivity index (χ1v) is 7.61. The first-order chi connectivity index (χ1) is 10.2. The van der Waals surface area contributed by atoms with Crippen LogP contribution in [0.3, 0.4) is 0 Å². The van der Waals surface area contributed by atoms with Crippen molar-refractivity contribution in [2.24, 2.45) is 5.41 Å². The van der Waals surface area contributed by atoms with Gasteiger partial charge in [0.05, 0.1) is 13.7 Å². The molecule has 3 heterocycles. The fourth-order valence-corrected chi connectivity index (χ4v) is 3.80. The van der Waals surface area contributed by atoms with Gasteiger partial charge in [0.15, 0.2) is 0 Å². The first kappa shape index (κ1) is 14.5. The Kier molecular flexibility index (Phi) is 3.99. The highest BCUT2D eigenvalue weighted by Gasteiger charge is 2.46. The summed E-state index contributed by atoms with van der Waals surface area (Å²) in [6, 6.07) is 2.12. The SMILES string of the molecule is COc1ccnc(N2CC[C@@]3(CO)CCCN(C)[C@@H]3C2)n1. The van der Waals surface area contributed by atoms with Crippen LogP contribution in [-0.4, -0.2) is 66.4 Å². The second kappa shape index (κ2) is 5.77. The Morgan fingerprint density at radius 1 is 1.43 bits per heavy atom. The third kappa shape index (κ3) is 2.58. The number of piperidine rings is 2. The van der Waals surface area contributed by atoms with E-state index in [1.165, 1.54) is 6.42 Å². The molecule has 0 amide bonds. The van der Waals surface area contributed by atoms with E-state index in [4.69, 9.17) is 4.74 Å². The summed E-state index contributed by atoms with van der Waals surface area (Å²) in [5.41, 5.74) is 0.0440. The van der Waals surface area contributed by atoms with Gasteiger partial charge in [-0.2, -0.15) is 4.98 Å². The molecule has 2 atom stereocenters. The normalized spacial score (nSPS) is 30.0. The zero-order valence-electron chi connectivity index (χ0n) is 12.8. The van der Waals surface area contributed by atoms with Gasteiger partial charge in [-0.25, -0.2) is 4.98 Å². The van der Waals surface area contributed by atoms with Gasteiger partial charge in [0.1, 0.15) is 0 Å². The number of methoxy groups -OCH3 is 1. The molecule has 0 aliphatic carbocycles. The van der Waals surface area contributed by atoms with Crippen molar-refractivity contribution < 1.29 is 9.84 Å². The Morgan fingerprint density at radius 2 is 2.29 bits per heavy atom. The van der Waals surface area contributed by atoms with E-state index < -0.39 is 0 Å². The quantitative estimate of drug-likeness (QED) is 0.888. The number of aliphatic hydroxyl groups excluding tert-OH is 1. The predicted octanol–water partition coefficient (Wildman–Crippen LogP) is 0.768. The molecule has 0 spiro atoms. The fourth-order valence-electron chi connectivity index (χ4n) is 3.80. The van der Waals surface area contributed by atoms with Crippen LogP contribution in [0.5, 0.6) is 5.88 Å². The standard InChI is InChI=1S/C15H24N4O2/c1-18-8-3-5-15(11-20)6-9-19(10-12(15)18)14-16-7-4-13(17-14)21-2/h4,7,12,20H,3,5-6,8-11H2,1-2H3/t12-,15-/m1/s1. The summed E-state index contributed by atoms with van der Waals surface area (Å²) in [4.78, 5) is 13.4. The smallest absolute Gasteiger partial charge is 0.228 e. The lowest BCUT2D eigenvalue weighted by molar-refractivity contribution is -0.0279. The lowest BCUT2D eigenvalue weighted by Gasteiger charge is -2.53. The number of likely N-dealkylation sites (tertiary alicyclic amines) is 1. The van der Waals surface area contributed by atoms with Crippen LogP contribution in [-0.2, 0) is 0 Å². The minimum atomic E-state index is 0.0440. The van der Waals surface area contributed by atoms with E-state index in [0.717, 1.165) is 38.4 Å². The number of nitrogens with zero attached hydrogens (tertiary/aromatic N) is 4. The highest BCUT2D eigenvalue weighted by Crippen LogP contribution is 2.42. The Hall–Kier alpha value is -1.40. The Labute approximate surface area is 125 Å². The number of hydrogen-bond acceptors (Lipinski definition) is 6. The van der Waals surface area contributed by atoms with E-state index in [0.29, 0.717) is 11.9 Å². The highest BCUT2D eigenvalue weighted by atomic mass is 16.5. The van der Waals surface area contributed by atoms with Crippen molar-refractivity contribution in [3.8, 4) is 5.88 Å². The Morgan fingerprint density at radius 3 is 3.05 bits per heavy atom. The molecular formula is C15H24N4O2. The Bertz CT molecular complexity index is 498. The van der Waals surface area contributed by atoms with Crippen LogP contribution in [0.1, 0.15) is 19.3 Å². The van der Waals surface area contributed by atoms with Crippen LogP contribution in [0.15, 0.2) is 12.3 Å². The minimum Gasteiger partial charge on any atom is -0.481 e. The number of anilines is 1. The summed E-state index contributed by atoms with van der Waals surface area (Å²) in [5.74, 6) is 1.32. The molecule has 0 radical (unpaired) electrons. The van der Waals surface area contributed by atoms with Gasteiger partial charge in [0.25, 0.3) is 0 Å². The molecule has 6 nitrogen and oxygen atoms in total. The van der Waals surface area contributed by atoms with Gasteiger partial charge in [0.2, 0.25) is 11.8 Å². The molecule has 6 heteroatoms. The third-order valence-corrected chi connectivity index (χ3v) is 5.12. The van der Waals surface area contributed by atoms with Crippen molar-refractivity contribution in [2.75, 3.05) is 45.3 Å². The van der Waals surface area contributed by atoms with Crippen LogP contribution < -0.4 is 9.64 Å². The van der Waals surface area contributed by atoms with Crippen LogP contribution in [0, 0.1) is 5.41 Å². The topological polar surface area (TPSA) is 61.7 Å². The lowest BCUT2D eigenvalue weighted by atomic mass is 9.69. The largest absolute Gasteiger partial charge is 0.481 e. The molecule has 0 aromatic carbocycles. The summed E-state index contributed by atoms with van der Waals surface area (Å²) < 4.78 is 5.19. The molecule has 1 aromatic heterocycles. The van der Waals surface area contributed by atoms with Crippen LogP contribution in [0.4, 0.5) is 5.95 Å². The molecule has 1 aromatic rings. The van der Waals surface area contributed by atoms with Crippen LogP contribution >= 0.6 is 0 Å². The molecule has 2 saturated heterocycles. The van der Waals surface area contributed by atoms with E-state index in [-0.39, 0.29) is 12.0 Å². The average molecular weight is 292 g/mol. The molecule has 1 N–H and O–H groups in total. The number of aromatic nitrogens is 2. The Balaban J connectivity index is 1.81. The zero-order chi connectivity index (χ0) is 14.9. The van der Waals surface area contributed by atoms with Gasteiger partial charge < -0.3 is 19.6 Å². The maximum Gasteiger partial charge on any atom is 0.228 e. The predicted molar refractivity (Wildman–Crippen MR) is 80.6 cm³/mol. The zero-order valence-corrected chi connectivity index (χ0v) is 12.8. The van der Waals surface area contributed by atoms with Gasteiger partial charge in [-0.05, 0) is 32.9 Å². The number of rotatable bonds is 3. The third-order valence-electron chi connectivity index (χ3n) is 5.12. The molecular weight excluding hydrogens is 268 g/mol. The molecule has 2 aliphatic heterocycles. The molecule has 0 bridgehead atoms. The molecule has 0 saturated carbocycles. The van der Waals surface area contributed by atoms with Crippen molar-refractivity contribution in [3.63, 3.8) is 0 Å². The van der Waals surface area contributed by atoms with E-state index in [9.17, 15) is 5.11 Å². The number of likely N-dealkylation sites (N-methyl/N-ethyl adjacent to an activating group) is 1. The fraction of sp³-hybridized carbons (Fsp3) is 0.733. The summed E-state index contributed by atoms with van der Waals surface area (Å²) in [6.45, 7) is 3.12. The first-order valence-electron chi connectivity index (χ1n) is 7.61. The average Bonchev–Trinajstić information content (AvgIpc) is 2.55. The molecule has 2 fully saturated rings. The molecule has 21 heavy (non-hydrogen) atoms. The number of ether oxygens (including phenoxy) is 1. The van der Waals surface area contributed by atoms with Crippen molar-refractivity contribution in [1.82, 2.24) is 14.9 Å². The van der Waals surface area contributed by atoms with Gasteiger partial charge in [-0.3, -0.25) is 0 Å². The van der Waals surface area contributed by atoms with Gasteiger partial charge in [-0.15, -0.1) is 0 Å². The second-order valence-corrected chi connectivity index (χ2v) is 6.22. The summed E-state index contributed by atoms with van der Waals surface area (Å²) in [6.07, 6.45) is 5.01. The summed E-state index contributed by atoms with van der Waals surface area (Å²) >= 11 is 0. The highest BCUT2D eigenvalue weighted by molar-refractivity contribution is 5.34. The van der Waals surface area contributed by atoms with Crippen molar-refractivity contribution in [3.05, 3.63) is 12.3 Å². The van der Waals surface area contributed by atoms with E-state index in [1.807, 2.05) is 0 Å². The number of hydrogen-bond donors (Lipinski definition) is 1. The second-order valence-electron chi connectivity index (χ2n) is 6.22. The lowest BCUT2D eigenvalue weighted by Crippen LogP contribution is -2.61. The monoisotopic (exact) mass is 292 g/mol. The van der Waals surface area contributed by atoms with Crippen LogP contribution in [0.25, 0.3) is 0 Å². The van der Waals surface area contributed by atoms with Crippen molar-refractivity contribution in [1.29, 1.82) is 0 Å². The minimum absolute atomic E-state index is 0.0440. The maximum atomic E-state index is 9.94. The maximum absolute atomic E-state index is 9.94. The molecule has 2 aliphatic rings. The van der Waals surface area contributed by atoms with Crippen molar-refractivity contribution in [2.45, 2.75) is 25.3 Å². The van der Waals surface area contributed by atoms with Crippen LogP contribution in [0.2, 0.25) is 0 Å². The summed E-state index contributed by atoms with van der Waals surface area (Å²) in [5, 5.41) is 9.94. The number of fused-ring (bicyclic) bond motifs is 1. The molecule has 3 rings (SSSR count).